The lowest BCUT2D eigenvalue weighted by Crippen LogP contribution is -2.18. The number of hydrogen-bond acceptors (Lipinski definition) is 5. The van der Waals surface area contributed by atoms with Crippen LogP contribution < -0.4 is 10.1 Å². The molecule has 0 atom stereocenters. The summed E-state index contributed by atoms with van der Waals surface area (Å²) in [4.78, 5) is 0. The van der Waals surface area contributed by atoms with E-state index in [1.54, 1.807) is 24.3 Å². The molecule has 19 heavy (non-hydrogen) atoms. The van der Waals surface area contributed by atoms with Crippen LogP contribution in [0.3, 0.4) is 0 Å². The van der Waals surface area contributed by atoms with Crippen molar-refractivity contribution in [3.8, 4) is 10.9 Å². The van der Waals surface area contributed by atoms with Crippen molar-refractivity contribution in [3.05, 3.63) is 34.3 Å². The van der Waals surface area contributed by atoms with Crippen LogP contribution >= 0.6 is 22.9 Å². The highest BCUT2D eigenvalue weighted by Gasteiger charge is 2.06. The predicted octanol–water partition coefficient (Wildman–Crippen LogP) is 3.73. The zero-order chi connectivity index (χ0) is 13.7. The van der Waals surface area contributed by atoms with Gasteiger partial charge in [-0.1, -0.05) is 41.9 Å². The summed E-state index contributed by atoms with van der Waals surface area (Å²) in [5.41, 5.74) is 0. The molecule has 0 radical (unpaired) electrons. The first-order chi connectivity index (χ1) is 9.13. The molecule has 1 aromatic carbocycles. The van der Waals surface area contributed by atoms with Crippen LogP contribution in [0.15, 0.2) is 24.3 Å². The average molecular weight is 298 g/mol. The Balaban J connectivity index is 1.88. The summed E-state index contributed by atoms with van der Waals surface area (Å²) in [5, 5.41) is 13.6. The molecule has 1 heterocycles. The highest BCUT2D eigenvalue weighted by atomic mass is 35.5. The fourth-order valence-electron chi connectivity index (χ4n) is 1.42. The maximum atomic E-state index is 5.81. The predicted molar refractivity (Wildman–Crippen MR) is 78.0 cm³/mol. The lowest BCUT2D eigenvalue weighted by Gasteiger charge is -2.04. The molecule has 0 spiro atoms. The topological polar surface area (TPSA) is 47.0 Å². The van der Waals surface area contributed by atoms with Crippen LogP contribution in [0.25, 0.3) is 0 Å². The van der Waals surface area contributed by atoms with E-state index >= 15 is 0 Å². The van der Waals surface area contributed by atoms with Gasteiger partial charge in [-0.05, 0) is 36.7 Å². The van der Waals surface area contributed by atoms with Gasteiger partial charge in [0.25, 0.3) is 5.19 Å². The third-order valence-electron chi connectivity index (χ3n) is 2.30. The van der Waals surface area contributed by atoms with Gasteiger partial charge >= 0.3 is 0 Å². The number of benzene rings is 1. The highest BCUT2D eigenvalue weighted by Crippen LogP contribution is 2.25. The summed E-state index contributed by atoms with van der Waals surface area (Å²) in [5.74, 6) is 1.33. The normalized spacial score (nSPS) is 10.9. The molecule has 2 rings (SSSR count). The largest absolute Gasteiger partial charge is 0.430 e. The van der Waals surface area contributed by atoms with Crippen molar-refractivity contribution in [2.24, 2.45) is 5.92 Å². The SMILES string of the molecule is CC(C)CNCc1nnc(Oc2ccc(Cl)cc2)s1. The van der Waals surface area contributed by atoms with Crippen LogP contribution in [0.5, 0.6) is 10.9 Å². The van der Waals surface area contributed by atoms with Gasteiger partial charge in [0.15, 0.2) is 0 Å². The number of nitrogens with zero attached hydrogens (tertiary/aromatic N) is 2. The van der Waals surface area contributed by atoms with Gasteiger partial charge in [-0.2, -0.15) is 0 Å². The van der Waals surface area contributed by atoms with Crippen LogP contribution in [0, 0.1) is 5.92 Å². The van der Waals surface area contributed by atoms with Crippen molar-refractivity contribution in [1.29, 1.82) is 0 Å². The number of nitrogens with one attached hydrogen (secondary N) is 1. The number of hydrogen-bond donors (Lipinski definition) is 1. The molecular weight excluding hydrogens is 282 g/mol. The number of rotatable bonds is 6. The van der Waals surface area contributed by atoms with Crippen molar-refractivity contribution < 1.29 is 4.74 Å². The van der Waals surface area contributed by atoms with Crippen molar-refractivity contribution in [1.82, 2.24) is 15.5 Å². The number of halogens is 1. The van der Waals surface area contributed by atoms with Crippen molar-refractivity contribution >= 4 is 22.9 Å². The fourth-order valence-corrected chi connectivity index (χ4v) is 2.23. The molecule has 0 aliphatic carbocycles. The molecule has 1 N–H and O–H groups in total. The Bertz CT molecular complexity index is 513. The van der Waals surface area contributed by atoms with Gasteiger partial charge in [-0.3, -0.25) is 0 Å². The van der Waals surface area contributed by atoms with Gasteiger partial charge in [0.05, 0.1) is 0 Å². The molecule has 0 saturated heterocycles. The van der Waals surface area contributed by atoms with E-state index in [1.165, 1.54) is 11.3 Å². The quantitative estimate of drug-likeness (QED) is 0.882. The first-order valence-electron chi connectivity index (χ1n) is 6.10. The lowest BCUT2D eigenvalue weighted by atomic mass is 10.2. The maximum Gasteiger partial charge on any atom is 0.299 e. The van der Waals surface area contributed by atoms with E-state index in [4.69, 9.17) is 16.3 Å². The van der Waals surface area contributed by atoms with Crippen molar-refractivity contribution in [2.75, 3.05) is 6.54 Å². The Labute approximate surface area is 121 Å². The Morgan fingerprint density at radius 2 is 2.00 bits per heavy atom. The van der Waals surface area contributed by atoms with Crippen LogP contribution in [-0.2, 0) is 6.54 Å². The van der Waals surface area contributed by atoms with Gasteiger partial charge in [-0.15, -0.1) is 5.10 Å². The van der Waals surface area contributed by atoms with E-state index in [0.29, 0.717) is 21.9 Å². The Morgan fingerprint density at radius 3 is 2.68 bits per heavy atom. The standard InChI is InChI=1S/C13H16ClN3OS/c1-9(2)7-15-8-12-16-17-13(19-12)18-11-5-3-10(14)4-6-11/h3-6,9,15H,7-8H2,1-2H3. The molecule has 0 fully saturated rings. The van der Waals surface area contributed by atoms with Gasteiger partial charge in [0.2, 0.25) is 0 Å². The number of ether oxygens (including phenoxy) is 1. The van der Waals surface area contributed by atoms with Gasteiger partial charge in [0, 0.05) is 11.6 Å². The molecule has 0 bridgehead atoms. The average Bonchev–Trinajstić information content (AvgIpc) is 2.79. The molecular formula is C13H16ClN3OS. The zero-order valence-electron chi connectivity index (χ0n) is 10.9. The van der Waals surface area contributed by atoms with E-state index in [0.717, 1.165) is 18.1 Å². The zero-order valence-corrected chi connectivity index (χ0v) is 12.5. The molecule has 2 aromatic rings. The monoisotopic (exact) mass is 297 g/mol. The molecule has 0 saturated carbocycles. The molecule has 102 valence electrons. The lowest BCUT2D eigenvalue weighted by molar-refractivity contribution is 0.473. The summed E-state index contributed by atoms with van der Waals surface area (Å²) in [6.07, 6.45) is 0. The van der Waals surface area contributed by atoms with Crippen molar-refractivity contribution in [2.45, 2.75) is 20.4 Å². The van der Waals surface area contributed by atoms with Crippen molar-refractivity contribution in [3.63, 3.8) is 0 Å². The first kappa shape index (κ1) is 14.2. The second-order valence-electron chi connectivity index (χ2n) is 4.54. The van der Waals surface area contributed by atoms with Crippen LogP contribution in [-0.4, -0.2) is 16.7 Å². The smallest absolute Gasteiger partial charge is 0.299 e. The second kappa shape index (κ2) is 6.84. The van der Waals surface area contributed by atoms with Crippen LogP contribution in [0.4, 0.5) is 0 Å². The van der Waals surface area contributed by atoms with E-state index in [1.807, 2.05) is 0 Å². The molecule has 6 heteroatoms. The van der Waals surface area contributed by atoms with E-state index in [-0.39, 0.29) is 0 Å². The van der Waals surface area contributed by atoms with Gasteiger partial charge in [0.1, 0.15) is 10.8 Å². The van der Waals surface area contributed by atoms with Crippen LogP contribution in [0.1, 0.15) is 18.9 Å². The Kier molecular flexibility index (Phi) is 5.13. The summed E-state index contributed by atoms with van der Waals surface area (Å²) in [6, 6.07) is 7.17. The molecule has 1 aromatic heterocycles. The summed E-state index contributed by atoms with van der Waals surface area (Å²) < 4.78 is 5.60. The minimum absolute atomic E-state index is 0.545. The third kappa shape index (κ3) is 4.78. The fraction of sp³-hybridized carbons (Fsp3) is 0.385. The molecule has 4 nitrogen and oxygen atoms in total. The second-order valence-corrected chi connectivity index (χ2v) is 6.00. The molecule has 0 amide bonds. The molecule has 0 aliphatic rings. The van der Waals surface area contributed by atoms with Gasteiger partial charge in [-0.25, -0.2) is 0 Å². The summed E-state index contributed by atoms with van der Waals surface area (Å²) in [7, 11) is 0. The van der Waals surface area contributed by atoms with Crippen LogP contribution in [0.2, 0.25) is 5.02 Å². The van der Waals surface area contributed by atoms with Gasteiger partial charge < -0.3 is 10.1 Å². The van der Waals surface area contributed by atoms with E-state index in [2.05, 4.69) is 29.4 Å². The highest BCUT2D eigenvalue weighted by molar-refractivity contribution is 7.13. The minimum atomic E-state index is 0.545. The Morgan fingerprint density at radius 1 is 1.26 bits per heavy atom. The first-order valence-corrected chi connectivity index (χ1v) is 7.29. The maximum absolute atomic E-state index is 5.81. The summed E-state index contributed by atoms with van der Waals surface area (Å²) in [6.45, 7) is 6.02. The minimum Gasteiger partial charge on any atom is -0.430 e. The summed E-state index contributed by atoms with van der Waals surface area (Å²) >= 11 is 7.26. The van der Waals surface area contributed by atoms with E-state index in [9.17, 15) is 0 Å². The third-order valence-corrected chi connectivity index (χ3v) is 3.35. The van der Waals surface area contributed by atoms with E-state index < -0.39 is 0 Å². The number of aromatic nitrogens is 2. The molecule has 0 unspecified atom stereocenters. The Hall–Kier alpha value is -1.17. The molecule has 0 aliphatic heterocycles.